The first-order valence-electron chi connectivity index (χ1n) is 6.93. The average Bonchev–Trinajstić information content (AvgIpc) is 2.48. The molecule has 0 aliphatic rings. The lowest BCUT2D eigenvalue weighted by Crippen LogP contribution is -2.16. The Balaban J connectivity index is 2.39. The van der Waals surface area contributed by atoms with Crippen molar-refractivity contribution in [1.29, 1.82) is 0 Å². The van der Waals surface area contributed by atoms with Crippen LogP contribution in [0.3, 0.4) is 0 Å². The van der Waals surface area contributed by atoms with E-state index in [0.717, 1.165) is 5.56 Å². The predicted octanol–water partition coefficient (Wildman–Crippen LogP) is 2.45. The monoisotopic (exact) mass is 348 g/mol. The van der Waals surface area contributed by atoms with E-state index in [4.69, 9.17) is 0 Å². The third-order valence-electron chi connectivity index (χ3n) is 3.15. The average molecular weight is 348 g/mol. The van der Waals surface area contributed by atoms with Crippen molar-refractivity contribution in [2.24, 2.45) is 0 Å². The molecule has 2 rings (SSSR count). The molecule has 0 atom stereocenters. The molecule has 0 saturated heterocycles. The van der Waals surface area contributed by atoms with Gasteiger partial charge < -0.3 is 10.4 Å². The van der Waals surface area contributed by atoms with Gasteiger partial charge in [-0.05, 0) is 37.3 Å². The fourth-order valence-corrected chi connectivity index (χ4v) is 3.09. The lowest BCUT2D eigenvalue weighted by molar-refractivity contribution is -0.114. The molecule has 0 heterocycles. The number of sulfonamides is 1. The van der Waals surface area contributed by atoms with Crippen LogP contribution in [-0.2, 0) is 14.8 Å². The molecule has 2 aromatic carbocycles. The van der Waals surface area contributed by atoms with Crippen molar-refractivity contribution < 1.29 is 23.1 Å². The summed E-state index contributed by atoms with van der Waals surface area (Å²) in [6.07, 6.45) is 0. The summed E-state index contributed by atoms with van der Waals surface area (Å²) >= 11 is 0. The Hall–Kier alpha value is -2.87. The van der Waals surface area contributed by atoms with Gasteiger partial charge >= 0.3 is 5.97 Å². The van der Waals surface area contributed by atoms with E-state index < -0.39 is 16.0 Å². The third-order valence-corrected chi connectivity index (χ3v) is 4.53. The molecule has 0 radical (unpaired) electrons. The van der Waals surface area contributed by atoms with Crippen LogP contribution in [0.4, 0.5) is 11.4 Å². The van der Waals surface area contributed by atoms with Crippen molar-refractivity contribution in [2.75, 3.05) is 10.0 Å². The largest absolute Gasteiger partial charge is 0.478 e. The van der Waals surface area contributed by atoms with Crippen molar-refractivity contribution in [1.82, 2.24) is 0 Å². The number of aryl methyl sites for hydroxylation is 1. The van der Waals surface area contributed by atoms with Gasteiger partial charge in [-0.15, -0.1) is 0 Å². The lowest BCUT2D eigenvalue weighted by atomic mass is 10.1. The number of hydrogen-bond donors (Lipinski definition) is 3. The molecule has 0 aromatic heterocycles. The Morgan fingerprint density at radius 1 is 1.04 bits per heavy atom. The Morgan fingerprint density at radius 2 is 1.67 bits per heavy atom. The molecule has 0 aliphatic heterocycles. The number of amides is 1. The molecule has 0 saturated carbocycles. The Morgan fingerprint density at radius 3 is 2.21 bits per heavy atom. The van der Waals surface area contributed by atoms with E-state index in [9.17, 15) is 23.1 Å². The minimum Gasteiger partial charge on any atom is -0.478 e. The second-order valence-electron chi connectivity index (χ2n) is 5.17. The Labute approximate surface area is 139 Å². The van der Waals surface area contributed by atoms with Gasteiger partial charge in [0.1, 0.15) is 0 Å². The van der Waals surface area contributed by atoms with Crippen molar-refractivity contribution in [2.45, 2.75) is 18.7 Å². The maximum absolute atomic E-state index is 12.4. The second kappa shape index (κ2) is 6.71. The molecule has 1 amide bonds. The summed E-state index contributed by atoms with van der Waals surface area (Å²) in [4.78, 5) is 22.5. The molecule has 0 bridgehead atoms. The van der Waals surface area contributed by atoms with Crippen LogP contribution >= 0.6 is 0 Å². The van der Waals surface area contributed by atoms with E-state index in [1.165, 1.54) is 37.3 Å². The molecule has 2 aromatic rings. The number of carbonyl (C=O) groups excluding carboxylic acids is 1. The van der Waals surface area contributed by atoms with Gasteiger partial charge in [-0.25, -0.2) is 13.2 Å². The SMILES string of the molecule is CC(=O)Nc1ccc(NS(=O)(=O)c2ccc(C)cc2)c(C(=O)O)c1. The summed E-state index contributed by atoms with van der Waals surface area (Å²) in [5.41, 5.74) is 0.812. The molecule has 126 valence electrons. The van der Waals surface area contributed by atoms with E-state index in [-0.39, 0.29) is 27.7 Å². The Kier molecular flexibility index (Phi) is 4.89. The molecular formula is C16H16N2O5S. The first-order valence-corrected chi connectivity index (χ1v) is 8.42. The standard InChI is InChI=1S/C16H16N2O5S/c1-10-3-6-13(7-4-10)24(22,23)18-15-8-5-12(17-11(2)19)9-14(15)16(20)21/h3-9,18H,1-2H3,(H,17,19)(H,20,21). The van der Waals surface area contributed by atoms with Crippen LogP contribution in [0.5, 0.6) is 0 Å². The van der Waals surface area contributed by atoms with E-state index in [1.54, 1.807) is 12.1 Å². The zero-order valence-electron chi connectivity index (χ0n) is 13.0. The van der Waals surface area contributed by atoms with E-state index >= 15 is 0 Å². The first kappa shape index (κ1) is 17.5. The fourth-order valence-electron chi connectivity index (χ4n) is 2.01. The topological polar surface area (TPSA) is 113 Å². The van der Waals surface area contributed by atoms with Gasteiger partial charge in [-0.2, -0.15) is 0 Å². The third kappa shape index (κ3) is 4.11. The molecule has 0 fully saturated rings. The van der Waals surface area contributed by atoms with Crippen molar-refractivity contribution in [3.63, 3.8) is 0 Å². The van der Waals surface area contributed by atoms with E-state index in [1.807, 2.05) is 6.92 Å². The first-order chi connectivity index (χ1) is 11.2. The zero-order chi connectivity index (χ0) is 17.9. The Bertz CT molecular complexity index is 889. The molecule has 0 unspecified atom stereocenters. The highest BCUT2D eigenvalue weighted by molar-refractivity contribution is 7.92. The minimum absolute atomic E-state index is 0.0235. The summed E-state index contributed by atoms with van der Waals surface area (Å²) in [7, 11) is -3.92. The zero-order valence-corrected chi connectivity index (χ0v) is 13.8. The van der Waals surface area contributed by atoms with E-state index in [2.05, 4.69) is 10.0 Å². The van der Waals surface area contributed by atoms with Crippen LogP contribution in [0.25, 0.3) is 0 Å². The molecular weight excluding hydrogens is 332 g/mol. The maximum atomic E-state index is 12.4. The second-order valence-corrected chi connectivity index (χ2v) is 6.85. The molecule has 0 spiro atoms. The van der Waals surface area contributed by atoms with Gasteiger partial charge in [-0.3, -0.25) is 9.52 Å². The van der Waals surface area contributed by atoms with Crippen LogP contribution in [0.15, 0.2) is 47.4 Å². The van der Waals surface area contributed by atoms with Crippen molar-refractivity contribution in [3.8, 4) is 0 Å². The molecule has 7 nitrogen and oxygen atoms in total. The summed E-state index contributed by atoms with van der Waals surface area (Å²) in [6, 6.07) is 10.1. The highest BCUT2D eigenvalue weighted by Crippen LogP contribution is 2.24. The lowest BCUT2D eigenvalue weighted by Gasteiger charge is -2.12. The van der Waals surface area contributed by atoms with Gasteiger partial charge in [0.2, 0.25) is 5.91 Å². The van der Waals surface area contributed by atoms with Crippen LogP contribution < -0.4 is 10.0 Å². The maximum Gasteiger partial charge on any atom is 0.337 e. The van der Waals surface area contributed by atoms with Gasteiger partial charge in [-0.1, -0.05) is 17.7 Å². The van der Waals surface area contributed by atoms with Gasteiger partial charge in [0.25, 0.3) is 10.0 Å². The summed E-state index contributed by atoms with van der Waals surface area (Å²) < 4.78 is 27.0. The number of nitrogens with one attached hydrogen (secondary N) is 2. The van der Waals surface area contributed by atoms with E-state index in [0.29, 0.717) is 0 Å². The summed E-state index contributed by atoms with van der Waals surface area (Å²) in [5.74, 6) is -1.68. The minimum atomic E-state index is -3.92. The van der Waals surface area contributed by atoms with Crippen molar-refractivity contribution in [3.05, 3.63) is 53.6 Å². The number of carbonyl (C=O) groups is 2. The van der Waals surface area contributed by atoms with Gasteiger partial charge in [0.05, 0.1) is 16.1 Å². The summed E-state index contributed by atoms with van der Waals surface area (Å²) in [6.45, 7) is 3.11. The number of hydrogen-bond acceptors (Lipinski definition) is 4. The molecule has 8 heteroatoms. The predicted molar refractivity (Wildman–Crippen MR) is 89.7 cm³/mol. The number of carboxylic acids is 1. The van der Waals surface area contributed by atoms with Gasteiger partial charge in [0.15, 0.2) is 0 Å². The molecule has 0 aliphatic carbocycles. The number of anilines is 2. The van der Waals surface area contributed by atoms with Gasteiger partial charge in [0, 0.05) is 12.6 Å². The smallest absolute Gasteiger partial charge is 0.337 e. The normalized spacial score (nSPS) is 10.9. The van der Waals surface area contributed by atoms with Crippen LogP contribution in [-0.4, -0.2) is 25.4 Å². The number of rotatable bonds is 5. The molecule has 24 heavy (non-hydrogen) atoms. The van der Waals surface area contributed by atoms with Crippen molar-refractivity contribution >= 4 is 33.3 Å². The number of benzene rings is 2. The fraction of sp³-hybridized carbons (Fsp3) is 0.125. The number of carboxylic acid groups (broad SMARTS) is 1. The molecule has 3 N–H and O–H groups in total. The van der Waals surface area contributed by atoms with Crippen LogP contribution in [0, 0.1) is 6.92 Å². The summed E-state index contributed by atoms with van der Waals surface area (Å²) in [5, 5.41) is 11.7. The van der Waals surface area contributed by atoms with Crippen LogP contribution in [0.1, 0.15) is 22.8 Å². The quantitative estimate of drug-likeness (QED) is 0.768. The highest BCUT2D eigenvalue weighted by atomic mass is 32.2. The van der Waals surface area contributed by atoms with Crippen LogP contribution in [0.2, 0.25) is 0 Å². The number of aromatic carboxylic acids is 1. The highest BCUT2D eigenvalue weighted by Gasteiger charge is 2.19.